The first-order valence-corrected chi connectivity index (χ1v) is 7.44. The van der Waals surface area contributed by atoms with Gasteiger partial charge in [0.2, 0.25) is 5.91 Å². The first kappa shape index (κ1) is 14.7. The van der Waals surface area contributed by atoms with E-state index in [1.165, 1.54) is 0 Å². The van der Waals surface area contributed by atoms with Gasteiger partial charge in [-0.1, -0.05) is 0 Å². The Morgan fingerprint density at radius 2 is 1.73 bits per heavy atom. The number of piperazine rings is 1. The standard InChI is InChI=1S/C16H20N2O4/c1-21-13-7-11(8-14(9-13)22-2)16(20)17-5-6-18(12-3-4-12)15(19)10-17/h7-9,12H,3-6,10H2,1-2H3. The molecule has 1 saturated heterocycles. The molecule has 1 saturated carbocycles. The van der Waals surface area contributed by atoms with Crippen molar-refractivity contribution in [3.63, 3.8) is 0 Å². The summed E-state index contributed by atoms with van der Waals surface area (Å²) >= 11 is 0. The van der Waals surface area contributed by atoms with E-state index in [0.29, 0.717) is 36.2 Å². The third-order valence-corrected chi connectivity index (χ3v) is 4.13. The summed E-state index contributed by atoms with van der Waals surface area (Å²) in [7, 11) is 3.09. The number of carbonyl (C=O) groups is 2. The molecule has 2 fully saturated rings. The van der Waals surface area contributed by atoms with Crippen LogP contribution in [0, 0.1) is 0 Å². The van der Waals surface area contributed by atoms with Crippen molar-refractivity contribution in [2.45, 2.75) is 18.9 Å². The highest BCUT2D eigenvalue weighted by molar-refractivity contribution is 5.97. The van der Waals surface area contributed by atoms with E-state index in [9.17, 15) is 9.59 Å². The molecule has 0 bridgehead atoms. The molecule has 0 N–H and O–H groups in total. The van der Waals surface area contributed by atoms with Gasteiger partial charge in [-0.15, -0.1) is 0 Å². The Labute approximate surface area is 129 Å². The SMILES string of the molecule is COc1cc(OC)cc(C(=O)N2CCN(C3CC3)C(=O)C2)c1. The minimum atomic E-state index is -0.166. The van der Waals surface area contributed by atoms with E-state index in [1.807, 2.05) is 4.90 Å². The molecule has 2 aliphatic rings. The minimum absolute atomic E-state index is 0.0389. The number of rotatable bonds is 4. The Morgan fingerprint density at radius 3 is 2.23 bits per heavy atom. The van der Waals surface area contributed by atoms with Gasteiger partial charge in [-0.3, -0.25) is 9.59 Å². The highest BCUT2D eigenvalue weighted by Crippen LogP contribution is 2.29. The lowest BCUT2D eigenvalue weighted by Crippen LogP contribution is -2.52. The van der Waals surface area contributed by atoms with Crippen molar-refractivity contribution in [2.24, 2.45) is 0 Å². The summed E-state index contributed by atoms with van der Waals surface area (Å²) in [5.74, 6) is 0.995. The van der Waals surface area contributed by atoms with Gasteiger partial charge in [0.15, 0.2) is 0 Å². The number of benzene rings is 1. The minimum Gasteiger partial charge on any atom is -0.497 e. The van der Waals surface area contributed by atoms with Crippen LogP contribution in [0.4, 0.5) is 0 Å². The second kappa shape index (κ2) is 5.87. The van der Waals surface area contributed by atoms with E-state index in [-0.39, 0.29) is 18.4 Å². The lowest BCUT2D eigenvalue weighted by Gasteiger charge is -2.34. The van der Waals surface area contributed by atoms with Crippen molar-refractivity contribution in [3.05, 3.63) is 23.8 Å². The second-order valence-corrected chi connectivity index (χ2v) is 5.65. The molecule has 2 amide bonds. The van der Waals surface area contributed by atoms with Gasteiger partial charge in [0.1, 0.15) is 18.0 Å². The molecule has 0 radical (unpaired) electrons. The molecule has 6 nitrogen and oxygen atoms in total. The summed E-state index contributed by atoms with van der Waals surface area (Å²) in [4.78, 5) is 28.3. The first-order valence-electron chi connectivity index (χ1n) is 7.44. The van der Waals surface area contributed by atoms with Crippen LogP contribution in [0.25, 0.3) is 0 Å². The molecule has 1 heterocycles. The molecule has 22 heavy (non-hydrogen) atoms. The number of hydrogen-bond acceptors (Lipinski definition) is 4. The van der Waals surface area contributed by atoms with Crippen molar-refractivity contribution in [2.75, 3.05) is 33.9 Å². The van der Waals surface area contributed by atoms with Crippen molar-refractivity contribution in [1.82, 2.24) is 9.80 Å². The average Bonchev–Trinajstić information content (AvgIpc) is 3.38. The van der Waals surface area contributed by atoms with Crippen LogP contribution in [-0.4, -0.2) is 61.5 Å². The fourth-order valence-corrected chi connectivity index (χ4v) is 2.75. The highest BCUT2D eigenvalue weighted by atomic mass is 16.5. The molecule has 1 aromatic rings. The number of ether oxygens (including phenoxy) is 2. The van der Waals surface area contributed by atoms with E-state index in [1.54, 1.807) is 37.3 Å². The topological polar surface area (TPSA) is 59.1 Å². The van der Waals surface area contributed by atoms with E-state index in [0.717, 1.165) is 12.8 Å². The van der Waals surface area contributed by atoms with Crippen molar-refractivity contribution >= 4 is 11.8 Å². The van der Waals surface area contributed by atoms with Crippen LogP contribution in [0.5, 0.6) is 11.5 Å². The molecule has 0 unspecified atom stereocenters. The molecule has 1 aliphatic carbocycles. The summed E-state index contributed by atoms with van der Waals surface area (Å²) in [6.07, 6.45) is 2.18. The highest BCUT2D eigenvalue weighted by Gasteiger charge is 2.37. The van der Waals surface area contributed by atoms with Crippen molar-refractivity contribution < 1.29 is 19.1 Å². The van der Waals surface area contributed by atoms with Crippen LogP contribution >= 0.6 is 0 Å². The maximum absolute atomic E-state index is 12.6. The Morgan fingerprint density at radius 1 is 1.09 bits per heavy atom. The fraction of sp³-hybridized carbons (Fsp3) is 0.500. The number of methoxy groups -OCH3 is 2. The molecule has 118 valence electrons. The van der Waals surface area contributed by atoms with Gasteiger partial charge in [0, 0.05) is 30.8 Å². The smallest absolute Gasteiger partial charge is 0.254 e. The molecule has 3 rings (SSSR count). The molecule has 1 aliphatic heterocycles. The van der Waals surface area contributed by atoms with Gasteiger partial charge in [0.05, 0.1) is 14.2 Å². The summed E-state index contributed by atoms with van der Waals surface area (Å²) in [5.41, 5.74) is 0.476. The van der Waals surface area contributed by atoms with Gasteiger partial charge >= 0.3 is 0 Å². The van der Waals surface area contributed by atoms with E-state index >= 15 is 0 Å². The molecule has 0 spiro atoms. The van der Waals surface area contributed by atoms with Gasteiger partial charge in [-0.2, -0.15) is 0 Å². The van der Waals surface area contributed by atoms with Gasteiger partial charge in [-0.25, -0.2) is 0 Å². The van der Waals surface area contributed by atoms with Gasteiger partial charge in [-0.05, 0) is 25.0 Å². The number of carbonyl (C=O) groups excluding carboxylic acids is 2. The molecular formula is C16H20N2O4. The third-order valence-electron chi connectivity index (χ3n) is 4.13. The Hall–Kier alpha value is -2.24. The predicted octanol–water partition coefficient (Wildman–Crippen LogP) is 1.15. The Bertz CT molecular complexity index is 576. The van der Waals surface area contributed by atoms with Crippen LogP contribution in [0.1, 0.15) is 23.2 Å². The van der Waals surface area contributed by atoms with Crippen LogP contribution in [0.2, 0.25) is 0 Å². The largest absolute Gasteiger partial charge is 0.497 e. The van der Waals surface area contributed by atoms with Crippen molar-refractivity contribution in [1.29, 1.82) is 0 Å². The molecular weight excluding hydrogens is 284 g/mol. The molecule has 0 atom stereocenters. The quantitative estimate of drug-likeness (QED) is 0.837. The summed E-state index contributed by atoms with van der Waals surface area (Å²) in [6, 6.07) is 5.46. The predicted molar refractivity (Wildman–Crippen MR) is 80.2 cm³/mol. The summed E-state index contributed by atoms with van der Waals surface area (Å²) in [6.45, 7) is 1.34. The zero-order valence-electron chi connectivity index (χ0n) is 12.9. The fourth-order valence-electron chi connectivity index (χ4n) is 2.75. The Balaban J connectivity index is 1.75. The molecule has 0 aromatic heterocycles. The average molecular weight is 304 g/mol. The summed E-state index contributed by atoms with van der Waals surface area (Å²) in [5, 5.41) is 0. The zero-order valence-corrected chi connectivity index (χ0v) is 12.9. The van der Waals surface area contributed by atoms with E-state index in [2.05, 4.69) is 0 Å². The van der Waals surface area contributed by atoms with Gasteiger partial charge in [0.25, 0.3) is 5.91 Å². The van der Waals surface area contributed by atoms with E-state index < -0.39 is 0 Å². The monoisotopic (exact) mass is 304 g/mol. The molecule has 6 heteroatoms. The first-order chi connectivity index (χ1) is 10.6. The second-order valence-electron chi connectivity index (χ2n) is 5.65. The maximum atomic E-state index is 12.6. The zero-order chi connectivity index (χ0) is 15.7. The van der Waals surface area contributed by atoms with Crippen LogP contribution in [0.15, 0.2) is 18.2 Å². The van der Waals surface area contributed by atoms with Crippen LogP contribution < -0.4 is 9.47 Å². The molecule has 1 aromatic carbocycles. The van der Waals surface area contributed by atoms with E-state index in [4.69, 9.17) is 9.47 Å². The number of nitrogens with zero attached hydrogens (tertiary/aromatic N) is 2. The summed E-state index contributed by atoms with van der Waals surface area (Å²) < 4.78 is 10.4. The third kappa shape index (κ3) is 2.86. The van der Waals surface area contributed by atoms with Crippen LogP contribution in [0.3, 0.4) is 0 Å². The number of amides is 2. The lowest BCUT2D eigenvalue weighted by atomic mass is 10.1. The Kier molecular flexibility index (Phi) is 3.92. The van der Waals surface area contributed by atoms with Crippen molar-refractivity contribution in [3.8, 4) is 11.5 Å². The van der Waals surface area contributed by atoms with Crippen LogP contribution in [-0.2, 0) is 4.79 Å². The lowest BCUT2D eigenvalue weighted by molar-refractivity contribution is -0.135. The number of hydrogen-bond donors (Lipinski definition) is 0. The normalized spacial score (nSPS) is 18.4. The maximum Gasteiger partial charge on any atom is 0.254 e. The van der Waals surface area contributed by atoms with Gasteiger partial charge < -0.3 is 19.3 Å².